The number of ketones is 1. The summed E-state index contributed by atoms with van der Waals surface area (Å²) in [6.07, 6.45) is 0.305. The predicted octanol–water partition coefficient (Wildman–Crippen LogP) is 3.78. The zero-order valence-corrected chi connectivity index (χ0v) is 32.0. The van der Waals surface area contributed by atoms with Crippen LogP contribution in [0.2, 0.25) is 0 Å². The quantitative estimate of drug-likeness (QED) is 0.0831. The number of ether oxygens (including phenoxy) is 2. The molecular weight excluding hydrogens is 696 g/mol. The van der Waals surface area contributed by atoms with E-state index in [1.54, 1.807) is 62.4 Å². The van der Waals surface area contributed by atoms with Crippen molar-refractivity contribution in [3.8, 4) is 11.5 Å². The number of benzene rings is 3. The molecule has 0 aromatic heterocycles. The van der Waals surface area contributed by atoms with Crippen molar-refractivity contribution in [1.29, 1.82) is 0 Å². The van der Waals surface area contributed by atoms with Crippen molar-refractivity contribution in [2.75, 3.05) is 55.7 Å². The van der Waals surface area contributed by atoms with Crippen molar-refractivity contribution >= 4 is 46.7 Å². The number of anilines is 3. The molecule has 3 rings (SSSR count). The summed E-state index contributed by atoms with van der Waals surface area (Å²) >= 11 is 0. The number of rotatable bonds is 18. The van der Waals surface area contributed by atoms with Gasteiger partial charge in [-0.15, -0.1) is 0 Å². The lowest BCUT2D eigenvalue weighted by molar-refractivity contribution is -0.144. The Kier molecular flexibility index (Phi) is 15.3. The maximum Gasteiger partial charge on any atom is 0.357 e. The van der Waals surface area contributed by atoms with Gasteiger partial charge < -0.3 is 29.4 Å². The van der Waals surface area contributed by atoms with E-state index in [2.05, 4.69) is 10.2 Å². The molecule has 0 atom stereocenters. The Balaban J connectivity index is 1.78. The molecule has 0 spiro atoms. The second-order valence-electron chi connectivity index (χ2n) is 13.5. The van der Waals surface area contributed by atoms with Crippen LogP contribution in [0, 0.1) is 12.8 Å². The molecule has 7 N–H and O–H groups in total. The molecule has 292 valence electrons. The molecule has 0 bridgehead atoms. The number of methoxy groups -OCH3 is 2. The summed E-state index contributed by atoms with van der Waals surface area (Å²) in [7, 11) is 2.81. The summed E-state index contributed by atoms with van der Waals surface area (Å²) in [6, 6.07) is 17.8. The number of hydrogen-bond acceptors (Lipinski definition) is 12. The van der Waals surface area contributed by atoms with Gasteiger partial charge >= 0.3 is 12.0 Å². The molecule has 0 aliphatic carbocycles. The van der Waals surface area contributed by atoms with Crippen molar-refractivity contribution in [2.24, 2.45) is 23.5 Å². The van der Waals surface area contributed by atoms with Gasteiger partial charge in [-0.2, -0.15) is 5.90 Å². The average Bonchev–Trinajstić information content (AvgIpc) is 3.16. The maximum absolute atomic E-state index is 13.9. The third-order valence-corrected chi connectivity index (χ3v) is 8.71. The minimum Gasteiger partial charge on any atom is -0.493 e. The van der Waals surface area contributed by atoms with E-state index >= 15 is 0 Å². The van der Waals surface area contributed by atoms with E-state index in [1.807, 2.05) is 32.9 Å². The molecule has 16 heteroatoms. The van der Waals surface area contributed by atoms with Crippen LogP contribution in [0.25, 0.3) is 0 Å². The number of nitrogens with two attached hydrogens (primary N) is 3. The van der Waals surface area contributed by atoms with Crippen LogP contribution in [0.3, 0.4) is 0 Å². The zero-order chi connectivity index (χ0) is 40.2. The average molecular weight is 749 g/mol. The van der Waals surface area contributed by atoms with Gasteiger partial charge in [0.25, 0.3) is 5.91 Å². The number of nitrogens with zero attached hydrogens (tertiary/aromatic N) is 4. The third-order valence-electron chi connectivity index (χ3n) is 8.71. The second kappa shape index (κ2) is 19.4. The standard InChI is InChI=1S/C38H52N8O8/c1-25(2)19-21-43(33(48)24-44(22-20-34(49)54-41)36(50)29-12-10-14-31(52-6)35(29)53-7)23-32(47)38(4,5)42-27-15-17-28(18-16-27)45(39)37(51)46(40)30-13-9-8-11-26(30)3/h8-18,25,42H,19-24,39-41H2,1-7H3. The maximum atomic E-state index is 13.9. The number of urea groups is 1. The molecule has 3 aromatic rings. The van der Waals surface area contributed by atoms with E-state index in [0.717, 1.165) is 15.6 Å². The Morgan fingerprint density at radius 2 is 1.48 bits per heavy atom. The molecular formula is C38H52N8O8. The van der Waals surface area contributed by atoms with Gasteiger partial charge in [-0.1, -0.05) is 38.1 Å². The monoisotopic (exact) mass is 748 g/mol. The number of aryl methyl sites for hydroxylation is 1. The Morgan fingerprint density at radius 3 is 2.07 bits per heavy atom. The van der Waals surface area contributed by atoms with Gasteiger partial charge in [-0.25, -0.2) is 26.5 Å². The van der Waals surface area contributed by atoms with E-state index in [0.29, 0.717) is 29.2 Å². The van der Waals surface area contributed by atoms with Gasteiger partial charge in [0.1, 0.15) is 6.54 Å². The van der Waals surface area contributed by atoms with Gasteiger partial charge in [-0.05, 0) is 81.1 Å². The summed E-state index contributed by atoms with van der Waals surface area (Å²) in [5.41, 5.74) is 1.16. The molecule has 0 heterocycles. The lowest BCUT2D eigenvalue weighted by atomic mass is 9.97. The SMILES string of the molecule is COc1cccc(C(=O)N(CCC(=O)ON)CC(=O)N(CCC(C)C)CC(=O)C(C)(C)Nc2ccc(N(N)C(=O)N(N)c3ccccc3C)cc2)c1OC. The topological polar surface area (TPSA) is 216 Å². The van der Waals surface area contributed by atoms with Crippen molar-refractivity contribution in [2.45, 2.75) is 53.0 Å². The lowest BCUT2D eigenvalue weighted by Crippen LogP contribution is -2.51. The van der Waals surface area contributed by atoms with Gasteiger partial charge in [0.15, 0.2) is 17.3 Å². The minimum absolute atomic E-state index is 0.112. The first-order valence-corrected chi connectivity index (χ1v) is 17.3. The molecule has 54 heavy (non-hydrogen) atoms. The first-order chi connectivity index (χ1) is 25.5. The fraction of sp³-hybridized carbons (Fsp3) is 0.395. The van der Waals surface area contributed by atoms with E-state index in [9.17, 15) is 24.0 Å². The van der Waals surface area contributed by atoms with Crippen LogP contribution in [0.4, 0.5) is 21.9 Å². The number of amides is 4. The van der Waals surface area contributed by atoms with Crippen molar-refractivity contribution < 1.29 is 38.3 Å². The summed E-state index contributed by atoms with van der Waals surface area (Å²) in [5.74, 6) is 15.7. The fourth-order valence-corrected chi connectivity index (χ4v) is 5.40. The number of hydrogen-bond donors (Lipinski definition) is 4. The van der Waals surface area contributed by atoms with Crippen molar-refractivity contribution in [3.63, 3.8) is 0 Å². The van der Waals surface area contributed by atoms with E-state index < -0.39 is 35.9 Å². The van der Waals surface area contributed by atoms with E-state index in [4.69, 9.17) is 27.1 Å². The number of carbonyl (C=O) groups is 5. The molecule has 3 aromatic carbocycles. The highest BCUT2D eigenvalue weighted by Gasteiger charge is 2.32. The smallest absolute Gasteiger partial charge is 0.357 e. The first kappa shape index (κ1) is 42.7. The normalized spacial score (nSPS) is 11.0. The fourth-order valence-electron chi connectivity index (χ4n) is 5.40. The number of carbonyl (C=O) groups excluding carboxylic acids is 5. The van der Waals surface area contributed by atoms with E-state index in [1.165, 1.54) is 30.1 Å². The highest BCUT2D eigenvalue weighted by molar-refractivity contribution is 6.03. The molecule has 0 aliphatic heterocycles. The highest BCUT2D eigenvalue weighted by atomic mass is 16.7. The summed E-state index contributed by atoms with van der Waals surface area (Å²) < 4.78 is 10.8. The molecule has 16 nitrogen and oxygen atoms in total. The van der Waals surface area contributed by atoms with Gasteiger partial charge in [0.05, 0.1) is 49.7 Å². The number of hydrazine groups is 2. The van der Waals surface area contributed by atoms with Crippen LogP contribution in [0.1, 0.15) is 56.5 Å². The van der Waals surface area contributed by atoms with Gasteiger partial charge in [0, 0.05) is 18.8 Å². The molecule has 0 radical (unpaired) electrons. The van der Waals surface area contributed by atoms with Crippen LogP contribution < -0.4 is 42.4 Å². The molecule has 0 aliphatic rings. The number of para-hydroxylation sites is 2. The summed E-state index contributed by atoms with van der Waals surface area (Å²) in [6.45, 7) is 8.51. The van der Waals surface area contributed by atoms with E-state index in [-0.39, 0.29) is 49.1 Å². The Hall–Kier alpha value is -5.71. The largest absolute Gasteiger partial charge is 0.493 e. The van der Waals surface area contributed by atoms with Crippen LogP contribution in [0.5, 0.6) is 11.5 Å². The number of Topliss-reactive ketones (excluding diaryl/α,β-unsaturated/α-hetero) is 1. The third kappa shape index (κ3) is 11.1. The molecule has 0 unspecified atom stereocenters. The number of nitrogens with one attached hydrogen (secondary N) is 1. The van der Waals surface area contributed by atoms with Gasteiger partial charge in [0.2, 0.25) is 5.91 Å². The zero-order valence-electron chi connectivity index (χ0n) is 32.0. The molecule has 0 fully saturated rings. The Morgan fingerprint density at radius 1 is 0.815 bits per heavy atom. The van der Waals surface area contributed by atoms with Crippen LogP contribution >= 0.6 is 0 Å². The van der Waals surface area contributed by atoms with Gasteiger partial charge in [-0.3, -0.25) is 19.2 Å². The summed E-state index contributed by atoms with van der Waals surface area (Å²) in [4.78, 5) is 73.5. The minimum atomic E-state index is -1.16. The Labute approximate surface area is 315 Å². The molecule has 0 saturated heterocycles. The predicted molar refractivity (Wildman–Crippen MR) is 205 cm³/mol. The second-order valence-corrected chi connectivity index (χ2v) is 13.5. The van der Waals surface area contributed by atoms with Crippen LogP contribution in [0.15, 0.2) is 66.7 Å². The lowest BCUT2D eigenvalue weighted by Gasteiger charge is -2.32. The summed E-state index contributed by atoms with van der Waals surface area (Å²) in [5, 5.41) is 5.09. The Bertz CT molecular complexity index is 1780. The highest BCUT2D eigenvalue weighted by Crippen LogP contribution is 2.32. The van der Waals surface area contributed by atoms with Crippen LogP contribution in [-0.2, 0) is 19.2 Å². The van der Waals surface area contributed by atoms with Crippen molar-refractivity contribution in [1.82, 2.24) is 9.80 Å². The molecule has 0 saturated carbocycles. The molecule has 4 amide bonds. The van der Waals surface area contributed by atoms with Crippen molar-refractivity contribution in [3.05, 3.63) is 77.9 Å². The first-order valence-electron chi connectivity index (χ1n) is 17.3. The van der Waals surface area contributed by atoms with Crippen LogP contribution in [-0.4, -0.2) is 85.3 Å².